The van der Waals surface area contributed by atoms with Crippen molar-refractivity contribution in [1.29, 1.82) is 0 Å². The third-order valence-electron chi connectivity index (χ3n) is 4.45. The summed E-state index contributed by atoms with van der Waals surface area (Å²) in [6, 6.07) is 14.7. The number of methoxy groups -OCH3 is 3. The van der Waals surface area contributed by atoms with Gasteiger partial charge in [-0.3, -0.25) is 0 Å². The third kappa shape index (κ3) is 2.92. The Labute approximate surface area is 142 Å². The molecule has 2 aromatic carbocycles. The number of aromatic nitrogens is 1. The number of rotatable bonds is 6. The number of aryl methyl sites for hydroxylation is 3. The fraction of sp³-hybridized carbons (Fsp3) is 0.300. The van der Waals surface area contributed by atoms with Crippen LogP contribution in [0.4, 0.5) is 0 Å². The first-order valence-electron chi connectivity index (χ1n) is 8.00. The quantitative estimate of drug-likeness (QED) is 0.687. The van der Waals surface area contributed by atoms with Gasteiger partial charge in [0.1, 0.15) is 0 Å². The topological polar surface area (TPSA) is 32.6 Å². The molecule has 4 nitrogen and oxygen atoms in total. The molecule has 0 unspecified atom stereocenters. The minimum absolute atomic E-state index is 0.633. The van der Waals surface area contributed by atoms with Crippen molar-refractivity contribution in [3.63, 3.8) is 0 Å². The van der Waals surface area contributed by atoms with Crippen LogP contribution in [0.5, 0.6) is 17.2 Å². The lowest BCUT2D eigenvalue weighted by Crippen LogP contribution is -2.01. The van der Waals surface area contributed by atoms with Gasteiger partial charge in [-0.15, -0.1) is 0 Å². The molecule has 0 bridgehead atoms. The van der Waals surface area contributed by atoms with Crippen LogP contribution in [0.1, 0.15) is 11.3 Å². The largest absolute Gasteiger partial charge is 0.493 e. The van der Waals surface area contributed by atoms with Gasteiger partial charge in [-0.2, -0.15) is 0 Å². The zero-order valence-electron chi connectivity index (χ0n) is 14.6. The SMILES string of the molecule is COc1cc(CCc2cc3ccccc3n2C)cc(OC)c1OC. The van der Waals surface area contributed by atoms with Crippen molar-refractivity contribution >= 4 is 10.9 Å². The molecule has 0 aliphatic carbocycles. The smallest absolute Gasteiger partial charge is 0.203 e. The molecule has 1 aromatic heterocycles. The summed E-state index contributed by atoms with van der Waals surface area (Å²) in [6.07, 6.45) is 1.85. The van der Waals surface area contributed by atoms with Gasteiger partial charge in [-0.25, -0.2) is 0 Å². The highest BCUT2D eigenvalue weighted by Crippen LogP contribution is 2.38. The lowest BCUT2D eigenvalue weighted by atomic mass is 10.1. The lowest BCUT2D eigenvalue weighted by Gasteiger charge is -2.14. The van der Waals surface area contributed by atoms with Crippen LogP contribution in [-0.4, -0.2) is 25.9 Å². The second kappa shape index (κ2) is 6.87. The second-order valence-electron chi connectivity index (χ2n) is 5.79. The van der Waals surface area contributed by atoms with Gasteiger partial charge < -0.3 is 18.8 Å². The van der Waals surface area contributed by atoms with E-state index in [-0.39, 0.29) is 0 Å². The second-order valence-corrected chi connectivity index (χ2v) is 5.79. The first-order chi connectivity index (χ1) is 11.7. The molecule has 126 valence electrons. The molecule has 1 heterocycles. The van der Waals surface area contributed by atoms with Gasteiger partial charge in [0.05, 0.1) is 21.3 Å². The number of hydrogen-bond donors (Lipinski definition) is 0. The Hall–Kier alpha value is -2.62. The van der Waals surface area contributed by atoms with Crippen LogP contribution in [0.15, 0.2) is 42.5 Å². The predicted octanol–water partition coefficient (Wildman–Crippen LogP) is 3.99. The summed E-state index contributed by atoms with van der Waals surface area (Å²) in [5, 5.41) is 1.28. The van der Waals surface area contributed by atoms with Crippen molar-refractivity contribution in [1.82, 2.24) is 4.57 Å². The van der Waals surface area contributed by atoms with E-state index in [1.165, 1.54) is 16.6 Å². The molecule has 0 amide bonds. The van der Waals surface area contributed by atoms with E-state index < -0.39 is 0 Å². The highest BCUT2D eigenvalue weighted by molar-refractivity contribution is 5.81. The number of para-hydroxylation sites is 1. The molecule has 0 saturated carbocycles. The van der Waals surface area contributed by atoms with Gasteiger partial charge >= 0.3 is 0 Å². The van der Waals surface area contributed by atoms with Gasteiger partial charge in [0.2, 0.25) is 5.75 Å². The van der Waals surface area contributed by atoms with E-state index in [9.17, 15) is 0 Å². The Bertz CT molecular complexity index is 826. The van der Waals surface area contributed by atoms with Crippen molar-refractivity contribution < 1.29 is 14.2 Å². The van der Waals surface area contributed by atoms with Gasteiger partial charge in [0.25, 0.3) is 0 Å². The summed E-state index contributed by atoms with van der Waals surface area (Å²) in [5.41, 5.74) is 3.73. The number of fused-ring (bicyclic) bond motifs is 1. The summed E-state index contributed by atoms with van der Waals surface area (Å²) in [6.45, 7) is 0. The summed E-state index contributed by atoms with van der Waals surface area (Å²) in [4.78, 5) is 0. The summed E-state index contributed by atoms with van der Waals surface area (Å²) >= 11 is 0. The van der Waals surface area contributed by atoms with Crippen molar-refractivity contribution in [2.75, 3.05) is 21.3 Å². The number of hydrogen-bond acceptors (Lipinski definition) is 3. The Morgan fingerprint density at radius 1 is 0.833 bits per heavy atom. The van der Waals surface area contributed by atoms with Crippen LogP contribution in [0.25, 0.3) is 10.9 Å². The van der Waals surface area contributed by atoms with E-state index in [0.717, 1.165) is 18.4 Å². The molecule has 4 heteroatoms. The molecular formula is C20H23NO3. The molecule has 3 aromatic rings. The highest BCUT2D eigenvalue weighted by atomic mass is 16.5. The standard InChI is InChI=1S/C20H23NO3/c1-21-16(13-15-7-5-6-8-17(15)21)10-9-14-11-18(22-2)20(24-4)19(12-14)23-3/h5-8,11-13H,9-10H2,1-4H3. The predicted molar refractivity (Wildman–Crippen MR) is 96.4 cm³/mol. The molecule has 0 aliphatic rings. The summed E-state index contributed by atoms with van der Waals surface area (Å²) in [5.74, 6) is 2.03. The highest BCUT2D eigenvalue weighted by Gasteiger charge is 2.13. The number of nitrogens with zero attached hydrogens (tertiary/aromatic N) is 1. The molecule has 0 spiro atoms. The molecule has 0 atom stereocenters. The fourth-order valence-corrected chi connectivity index (χ4v) is 3.14. The maximum Gasteiger partial charge on any atom is 0.203 e. The van der Waals surface area contributed by atoms with Gasteiger partial charge in [0, 0.05) is 18.3 Å². The van der Waals surface area contributed by atoms with E-state index in [4.69, 9.17) is 14.2 Å². The van der Waals surface area contributed by atoms with E-state index >= 15 is 0 Å². The molecule has 0 saturated heterocycles. The lowest BCUT2D eigenvalue weighted by molar-refractivity contribution is 0.324. The number of benzene rings is 2. The Morgan fingerprint density at radius 3 is 2.08 bits per heavy atom. The van der Waals surface area contributed by atoms with Gasteiger partial charge in [0.15, 0.2) is 11.5 Å². The van der Waals surface area contributed by atoms with E-state index in [0.29, 0.717) is 17.2 Å². The molecule has 0 aliphatic heterocycles. The molecule has 3 rings (SSSR count). The average Bonchev–Trinajstić information content (AvgIpc) is 2.95. The fourth-order valence-electron chi connectivity index (χ4n) is 3.14. The van der Waals surface area contributed by atoms with E-state index in [2.05, 4.69) is 41.9 Å². The van der Waals surface area contributed by atoms with Crippen molar-refractivity contribution in [2.24, 2.45) is 7.05 Å². The molecule has 0 fully saturated rings. The van der Waals surface area contributed by atoms with E-state index in [1.807, 2.05) is 12.1 Å². The molecule has 0 N–H and O–H groups in total. The Kier molecular flexibility index (Phi) is 4.65. The van der Waals surface area contributed by atoms with Crippen LogP contribution in [0.3, 0.4) is 0 Å². The maximum atomic E-state index is 5.43. The minimum Gasteiger partial charge on any atom is -0.493 e. The first kappa shape index (κ1) is 16.2. The normalized spacial score (nSPS) is 10.8. The monoisotopic (exact) mass is 325 g/mol. The third-order valence-corrected chi connectivity index (χ3v) is 4.45. The molecule has 0 radical (unpaired) electrons. The van der Waals surface area contributed by atoms with Gasteiger partial charge in [-0.05, 0) is 48.1 Å². The molecular weight excluding hydrogens is 302 g/mol. The Morgan fingerprint density at radius 2 is 1.50 bits per heavy atom. The zero-order valence-corrected chi connectivity index (χ0v) is 14.6. The zero-order chi connectivity index (χ0) is 17.1. The van der Waals surface area contributed by atoms with Crippen LogP contribution >= 0.6 is 0 Å². The molecule has 24 heavy (non-hydrogen) atoms. The van der Waals surface area contributed by atoms with Crippen molar-refractivity contribution in [2.45, 2.75) is 12.8 Å². The van der Waals surface area contributed by atoms with E-state index in [1.54, 1.807) is 21.3 Å². The van der Waals surface area contributed by atoms with Crippen molar-refractivity contribution in [3.8, 4) is 17.2 Å². The maximum absolute atomic E-state index is 5.43. The van der Waals surface area contributed by atoms with Gasteiger partial charge in [-0.1, -0.05) is 18.2 Å². The minimum atomic E-state index is 0.633. The van der Waals surface area contributed by atoms with Crippen LogP contribution in [0, 0.1) is 0 Å². The number of ether oxygens (including phenoxy) is 3. The Balaban J connectivity index is 1.87. The van der Waals surface area contributed by atoms with Crippen LogP contribution in [-0.2, 0) is 19.9 Å². The van der Waals surface area contributed by atoms with Crippen LogP contribution in [0.2, 0.25) is 0 Å². The summed E-state index contributed by atoms with van der Waals surface area (Å²) in [7, 11) is 7.03. The van der Waals surface area contributed by atoms with Crippen LogP contribution < -0.4 is 14.2 Å². The average molecular weight is 325 g/mol. The first-order valence-corrected chi connectivity index (χ1v) is 8.00. The van der Waals surface area contributed by atoms with Crippen molar-refractivity contribution in [3.05, 3.63) is 53.7 Å². The summed E-state index contributed by atoms with van der Waals surface area (Å²) < 4.78 is 18.5.